The lowest BCUT2D eigenvalue weighted by molar-refractivity contribution is 1.29. The molecule has 0 aliphatic rings. The average molecular weight is 248 g/mol. The minimum atomic E-state index is 0.423. The van der Waals surface area contributed by atoms with Gasteiger partial charge >= 0.3 is 0 Å². The Balaban J connectivity index is 2.50. The molecular weight excluding hydrogens is 242 g/mol. The highest BCUT2D eigenvalue weighted by Crippen LogP contribution is 2.21. The Morgan fingerprint density at radius 1 is 1.29 bits per heavy atom. The number of benzene rings is 1. The van der Waals surface area contributed by atoms with E-state index in [4.69, 9.17) is 5.26 Å². The van der Waals surface area contributed by atoms with Crippen LogP contribution in [0.3, 0.4) is 0 Å². The van der Waals surface area contributed by atoms with Gasteiger partial charge in [-0.1, -0.05) is 28.1 Å². The minimum absolute atomic E-state index is 0.423. The van der Waals surface area contributed by atoms with Gasteiger partial charge in [-0.25, -0.2) is 4.98 Å². The zero-order valence-electron chi connectivity index (χ0n) is 7.16. The van der Waals surface area contributed by atoms with Crippen molar-refractivity contribution in [1.29, 1.82) is 5.26 Å². The summed E-state index contributed by atoms with van der Waals surface area (Å²) in [6.45, 7) is 0. The Hall–Kier alpha value is -1.60. The first kappa shape index (κ1) is 8.97. The molecule has 0 saturated heterocycles. The van der Waals surface area contributed by atoms with Crippen molar-refractivity contribution in [2.24, 2.45) is 0 Å². The Kier molecular flexibility index (Phi) is 2.33. The molecule has 0 saturated carbocycles. The van der Waals surface area contributed by atoms with Crippen LogP contribution in [0.25, 0.3) is 11.3 Å². The van der Waals surface area contributed by atoms with E-state index in [1.54, 1.807) is 0 Å². The van der Waals surface area contributed by atoms with Crippen LogP contribution in [0.4, 0.5) is 0 Å². The van der Waals surface area contributed by atoms with E-state index in [2.05, 4.69) is 25.9 Å². The molecule has 2 rings (SSSR count). The summed E-state index contributed by atoms with van der Waals surface area (Å²) in [7, 11) is 0. The van der Waals surface area contributed by atoms with Gasteiger partial charge in [0.15, 0.2) is 5.69 Å². The van der Waals surface area contributed by atoms with Crippen molar-refractivity contribution in [3.05, 3.63) is 40.8 Å². The van der Waals surface area contributed by atoms with E-state index in [9.17, 15) is 0 Å². The average Bonchev–Trinajstić information content (AvgIpc) is 2.67. The zero-order chi connectivity index (χ0) is 9.97. The van der Waals surface area contributed by atoms with Gasteiger partial charge in [0.1, 0.15) is 6.07 Å². The summed E-state index contributed by atoms with van der Waals surface area (Å²) in [6.07, 6.45) is 1.52. The molecule has 3 nitrogen and oxygen atoms in total. The van der Waals surface area contributed by atoms with E-state index in [-0.39, 0.29) is 0 Å². The molecule has 14 heavy (non-hydrogen) atoms. The molecular formula is C10H6BrN3. The van der Waals surface area contributed by atoms with Crippen LogP contribution in [0.2, 0.25) is 0 Å². The SMILES string of the molecule is N#Cc1nc[nH]c1-c1ccc(Br)cc1. The molecule has 0 fully saturated rings. The number of nitrogens with one attached hydrogen (secondary N) is 1. The molecule has 68 valence electrons. The zero-order valence-corrected chi connectivity index (χ0v) is 8.75. The van der Waals surface area contributed by atoms with Gasteiger partial charge in [0, 0.05) is 10.0 Å². The molecule has 0 amide bonds. The number of halogens is 1. The third-order valence-corrected chi connectivity index (χ3v) is 2.41. The van der Waals surface area contributed by atoms with Crippen molar-refractivity contribution in [1.82, 2.24) is 9.97 Å². The van der Waals surface area contributed by atoms with Gasteiger partial charge in [0.25, 0.3) is 0 Å². The van der Waals surface area contributed by atoms with Crippen LogP contribution in [0.5, 0.6) is 0 Å². The van der Waals surface area contributed by atoms with Gasteiger partial charge in [0.05, 0.1) is 12.0 Å². The second kappa shape index (κ2) is 3.64. The Morgan fingerprint density at radius 3 is 2.64 bits per heavy atom. The largest absolute Gasteiger partial charge is 0.343 e. The monoisotopic (exact) mass is 247 g/mol. The predicted molar refractivity (Wildman–Crippen MR) is 56.4 cm³/mol. The number of rotatable bonds is 1. The number of H-pyrrole nitrogens is 1. The molecule has 1 aromatic heterocycles. The molecule has 2 aromatic rings. The van der Waals surface area contributed by atoms with Crippen molar-refractivity contribution < 1.29 is 0 Å². The standard InChI is InChI=1S/C10H6BrN3/c11-8-3-1-7(2-4-8)10-9(5-12)13-6-14-10/h1-4,6H,(H,13,14). The number of aromatic amines is 1. The second-order valence-corrected chi connectivity index (χ2v) is 3.66. The maximum Gasteiger partial charge on any atom is 0.166 e. The van der Waals surface area contributed by atoms with Crippen molar-refractivity contribution in [2.45, 2.75) is 0 Å². The molecule has 1 N–H and O–H groups in total. The summed E-state index contributed by atoms with van der Waals surface area (Å²) in [5, 5.41) is 8.78. The fraction of sp³-hybridized carbons (Fsp3) is 0. The Morgan fingerprint density at radius 2 is 2.00 bits per heavy atom. The molecule has 1 heterocycles. The molecule has 0 bridgehead atoms. The lowest BCUT2D eigenvalue weighted by Crippen LogP contribution is -1.81. The van der Waals surface area contributed by atoms with Crippen LogP contribution in [-0.2, 0) is 0 Å². The van der Waals surface area contributed by atoms with Crippen LogP contribution >= 0.6 is 15.9 Å². The second-order valence-electron chi connectivity index (χ2n) is 2.74. The van der Waals surface area contributed by atoms with Crippen LogP contribution in [-0.4, -0.2) is 9.97 Å². The third-order valence-electron chi connectivity index (χ3n) is 1.88. The highest BCUT2D eigenvalue weighted by Gasteiger charge is 2.06. The normalized spacial score (nSPS) is 9.71. The highest BCUT2D eigenvalue weighted by molar-refractivity contribution is 9.10. The fourth-order valence-corrected chi connectivity index (χ4v) is 1.48. The summed E-state index contributed by atoms with van der Waals surface area (Å²) < 4.78 is 1.01. The lowest BCUT2D eigenvalue weighted by Gasteiger charge is -1.97. The van der Waals surface area contributed by atoms with E-state index < -0.39 is 0 Å². The highest BCUT2D eigenvalue weighted by atomic mass is 79.9. The predicted octanol–water partition coefficient (Wildman–Crippen LogP) is 2.71. The number of hydrogen-bond acceptors (Lipinski definition) is 2. The van der Waals surface area contributed by atoms with E-state index in [0.29, 0.717) is 5.69 Å². The maximum absolute atomic E-state index is 8.78. The van der Waals surface area contributed by atoms with E-state index in [1.807, 2.05) is 30.3 Å². The topological polar surface area (TPSA) is 52.5 Å². The summed E-state index contributed by atoms with van der Waals surface area (Å²) in [4.78, 5) is 6.85. The van der Waals surface area contributed by atoms with Crippen LogP contribution in [0, 0.1) is 11.3 Å². The van der Waals surface area contributed by atoms with E-state index in [1.165, 1.54) is 6.33 Å². The minimum Gasteiger partial charge on any atom is -0.343 e. The summed E-state index contributed by atoms with van der Waals surface area (Å²) in [5.74, 6) is 0. The van der Waals surface area contributed by atoms with Gasteiger partial charge in [-0.3, -0.25) is 0 Å². The summed E-state index contributed by atoms with van der Waals surface area (Å²) in [5.41, 5.74) is 2.15. The van der Waals surface area contributed by atoms with Crippen molar-refractivity contribution >= 4 is 15.9 Å². The molecule has 0 radical (unpaired) electrons. The Labute approximate surface area is 89.5 Å². The van der Waals surface area contributed by atoms with Crippen LogP contribution in [0.15, 0.2) is 35.1 Å². The Bertz CT molecular complexity index is 479. The first-order valence-electron chi connectivity index (χ1n) is 4.00. The number of nitriles is 1. The van der Waals surface area contributed by atoms with Crippen LogP contribution < -0.4 is 0 Å². The smallest absolute Gasteiger partial charge is 0.166 e. The van der Waals surface area contributed by atoms with Gasteiger partial charge in [0.2, 0.25) is 0 Å². The summed E-state index contributed by atoms with van der Waals surface area (Å²) in [6, 6.07) is 9.75. The fourth-order valence-electron chi connectivity index (χ4n) is 1.22. The van der Waals surface area contributed by atoms with Gasteiger partial charge in [-0.2, -0.15) is 5.26 Å². The molecule has 0 unspecified atom stereocenters. The lowest BCUT2D eigenvalue weighted by atomic mass is 10.1. The number of hydrogen-bond donors (Lipinski definition) is 1. The molecule has 0 spiro atoms. The maximum atomic E-state index is 8.78. The van der Waals surface area contributed by atoms with Crippen molar-refractivity contribution in [3.63, 3.8) is 0 Å². The molecule has 0 aliphatic carbocycles. The number of nitrogens with zero attached hydrogens (tertiary/aromatic N) is 2. The molecule has 1 aromatic carbocycles. The van der Waals surface area contributed by atoms with Gasteiger partial charge in [-0.05, 0) is 12.1 Å². The van der Waals surface area contributed by atoms with Crippen molar-refractivity contribution in [2.75, 3.05) is 0 Å². The first-order chi connectivity index (χ1) is 6.81. The van der Waals surface area contributed by atoms with E-state index >= 15 is 0 Å². The first-order valence-corrected chi connectivity index (χ1v) is 4.80. The van der Waals surface area contributed by atoms with Gasteiger partial charge < -0.3 is 4.98 Å². The third kappa shape index (κ3) is 1.54. The van der Waals surface area contributed by atoms with Gasteiger partial charge in [-0.15, -0.1) is 0 Å². The molecule has 0 aliphatic heterocycles. The molecule has 4 heteroatoms. The quantitative estimate of drug-likeness (QED) is 0.843. The van der Waals surface area contributed by atoms with E-state index in [0.717, 1.165) is 15.7 Å². The van der Waals surface area contributed by atoms with Crippen LogP contribution in [0.1, 0.15) is 5.69 Å². The number of aromatic nitrogens is 2. The van der Waals surface area contributed by atoms with Crippen molar-refractivity contribution in [3.8, 4) is 17.3 Å². The number of imidazole rings is 1. The summed E-state index contributed by atoms with van der Waals surface area (Å²) >= 11 is 3.35. The molecule has 0 atom stereocenters.